The Kier molecular flexibility index (Phi) is 2.81. The zero-order valence-corrected chi connectivity index (χ0v) is 10.1. The van der Waals surface area contributed by atoms with Crippen molar-refractivity contribution in [2.45, 2.75) is 0 Å². The first-order valence-corrected chi connectivity index (χ1v) is 4.02. The van der Waals surface area contributed by atoms with Crippen molar-refractivity contribution in [1.82, 2.24) is 29.5 Å². The standard InChI is InChI=1S/C8H5N6.Na/c1-2-14(5-9-1)8-6-7(11-3-10-6)12-4-13-8;/h1-5H;/q-1;+1. The van der Waals surface area contributed by atoms with Crippen LogP contribution in [0, 0.1) is 0 Å². The van der Waals surface area contributed by atoms with Gasteiger partial charge in [0.05, 0.1) is 0 Å². The van der Waals surface area contributed by atoms with Crippen molar-refractivity contribution < 1.29 is 29.6 Å². The second kappa shape index (κ2) is 4.09. The van der Waals surface area contributed by atoms with E-state index in [0.29, 0.717) is 17.0 Å². The average Bonchev–Trinajstić information content (AvgIpc) is 2.88. The van der Waals surface area contributed by atoms with E-state index in [2.05, 4.69) is 24.9 Å². The molecule has 68 valence electrons. The van der Waals surface area contributed by atoms with Crippen molar-refractivity contribution in [3.05, 3.63) is 31.4 Å². The van der Waals surface area contributed by atoms with Crippen LogP contribution in [0.4, 0.5) is 0 Å². The number of hydrogen-bond donors (Lipinski definition) is 0. The molecule has 0 N–H and O–H groups in total. The molecule has 0 atom stereocenters. The molecule has 0 saturated heterocycles. The molecular weight excluding hydrogens is 203 g/mol. The van der Waals surface area contributed by atoms with Crippen molar-refractivity contribution in [3.8, 4) is 5.82 Å². The molecule has 0 aliphatic carbocycles. The van der Waals surface area contributed by atoms with E-state index in [-0.39, 0.29) is 29.6 Å². The van der Waals surface area contributed by atoms with E-state index in [9.17, 15) is 0 Å². The first-order chi connectivity index (χ1) is 6.95. The Morgan fingerprint density at radius 1 is 1.20 bits per heavy atom. The molecular formula is C8H5N6Na. The predicted molar refractivity (Wildman–Crippen MR) is 47.8 cm³/mol. The van der Waals surface area contributed by atoms with E-state index < -0.39 is 0 Å². The summed E-state index contributed by atoms with van der Waals surface area (Å²) in [5.41, 5.74) is 1.29. The number of hydrogen-bond acceptors (Lipinski definition) is 4. The molecule has 0 aliphatic rings. The fourth-order valence-electron chi connectivity index (χ4n) is 1.29. The summed E-state index contributed by atoms with van der Waals surface area (Å²) < 4.78 is 1.78. The van der Waals surface area contributed by atoms with Gasteiger partial charge < -0.3 is 15.0 Å². The summed E-state index contributed by atoms with van der Waals surface area (Å²) in [6, 6.07) is 0. The Balaban J connectivity index is 0.000000853. The summed E-state index contributed by atoms with van der Waals surface area (Å²) in [7, 11) is 0. The van der Waals surface area contributed by atoms with Crippen LogP contribution in [0.25, 0.3) is 17.0 Å². The number of aromatic nitrogens is 6. The van der Waals surface area contributed by atoms with Crippen LogP contribution >= 0.6 is 0 Å². The Labute approximate surface area is 107 Å². The van der Waals surface area contributed by atoms with Gasteiger partial charge in [-0.25, -0.2) is 9.97 Å². The molecule has 0 spiro atoms. The summed E-state index contributed by atoms with van der Waals surface area (Å²) in [6.45, 7) is 0. The van der Waals surface area contributed by atoms with Gasteiger partial charge >= 0.3 is 29.6 Å². The van der Waals surface area contributed by atoms with Crippen LogP contribution in [0.2, 0.25) is 0 Å². The van der Waals surface area contributed by atoms with E-state index in [1.807, 2.05) is 0 Å². The molecule has 0 aliphatic heterocycles. The zero-order valence-electron chi connectivity index (χ0n) is 8.07. The van der Waals surface area contributed by atoms with Crippen LogP contribution in [-0.2, 0) is 0 Å². The molecule has 7 heteroatoms. The summed E-state index contributed by atoms with van der Waals surface area (Å²) >= 11 is 0. The molecule has 0 bridgehead atoms. The van der Waals surface area contributed by atoms with Crippen LogP contribution in [0.15, 0.2) is 31.4 Å². The zero-order chi connectivity index (χ0) is 9.38. The quantitative estimate of drug-likeness (QED) is 0.403. The van der Waals surface area contributed by atoms with Gasteiger partial charge in [0, 0.05) is 29.9 Å². The van der Waals surface area contributed by atoms with Gasteiger partial charge in [-0.05, 0) is 6.33 Å². The van der Waals surface area contributed by atoms with Gasteiger partial charge in [0.15, 0.2) is 0 Å². The first-order valence-electron chi connectivity index (χ1n) is 4.02. The SMILES string of the molecule is [Na+].c1cn(-c2ncnc3[n-]cnc23)cn1. The van der Waals surface area contributed by atoms with Crippen molar-refractivity contribution in [1.29, 1.82) is 0 Å². The van der Waals surface area contributed by atoms with Crippen molar-refractivity contribution in [3.63, 3.8) is 0 Å². The number of nitrogens with zero attached hydrogens (tertiary/aromatic N) is 6. The third-order valence-electron chi connectivity index (χ3n) is 1.90. The molecule has 6 nitrogen and oxygen atoms in total. The summed E-state index contributed by atoms with van der Waals surface area (Å²) in [6.07, 6.45) is 8.09. The molecule has 3 aromatic rings. The molecule has 0 saturated carbocycles. The predicted octanol–water partition coefficient (Wildman–Crippen LogP) is -2.83. The van der Waals surface area contributed by atoms with Crippen LogP contribution in [0.5, 0.6) is 0 Å². The van der Waals surface area contributed by atoms with Gasteiger partial charge in [0.1, 0.15) is 12.1 Å². The Morgan fingerprint density at radius 3 is 2.93 bits per heavy atom. The van der Waals surface area contributed by atoms with E-state index in [1.165, 1.54) is 12.7 Å². The van der Waals surface area contributed by atoms with E-state index in [4.69, 9.17) is 0 Å². The van der Waals surface area contributed by atoms with Crippen LogP contribution in [0.1, 0.15) is 0 Å². The second-order valence-electron chi connectivity index (χ2n) is 2.71. The number of fused-ring (bicyclic) bond motifs is 1. The second-order valence-corrected chi connectivity index (χ2v) is 2.71. The third-order valence-corrected chi connectivity index (χ3v) is 1.90. The van der Waals surface area contributed by atoms with Crippen LogP contribution in [0.3, 0.4) is 0 Å². The van der Waals surface area contributed by atoms with Crippen LogP contribution in [-0.4, -0.2) is 24.5 Å². The minimum atomic E-state index is 0. The molecule has 0 amide bonds. The molecule has 3 aromatic heterocycles. The van der Waals surface area contributed by atoms with Gasteiger partial charge in [-0.1, -0.05) is 0 Å². The van der Waals surface area contributed by atoms with Crippen molar-refractivity contribution in [2.75, 3.05) is 0 Å². The largest absolute Gasteiger partial charge is 1.00 e. The van der Waals surface area contributed by atoms with Gasteiger partial charge in [-0.2, -0.15) is 0 Å². The van der Waals surface area contributed by atoms with Gasteiger partial charge in [-0.15, -0.1) is 0 Å². The maximum atomic E-state index is 4.13. The topological polar surface area (TPSA) is 70.6 Å². The summed E-state index contributed by atoms with van der Waals surface area (Å²) in [5, 5.41) is 0. The number of imidazole rings is 2. The average molecular weight is 208 g/mol. The summed E-state index contributed by atoms with van der Waals surface area (Å²) in [4.78, 5) is 20.2. The summed E-state index contributed by atoms with van der Waals surface area (Å²) in [5.74, 6) is 0.699. The fraction of sp³-hybridized carbons (Fsp3) is 0. The van der Waals surface area contributed by atoms with Crippen LogP contribution < -0.4 is 34.5 Å². The first kappa shape index (κ1) is 10.3. The molecule has 0 fully saturated rings. The Hall–Kier alpha value is -1.24. The molecule has 3 heterocycles. The van der Waals surface area contributed by atoms with E-state index in [1.54, 1.807) is 23.3 Å². The molecule has 3 rings (SSSR count). The minimum absolute atomic E-state index is 0. The maximum absolute atomic E-state index is 4.13. The van der Waals surface area contributed by atoms with Gasteiger partial charge in [-0.3, -0.25) is 4.57 Å². The molecule has 0 aromatic carbocycles. The van der Waals surface area contributed by atoms with Gasteiger partial charge in [0.2, 0.25) is 0 Å². The fourth-order valence-corrected chi connectivity index (χ4v) is 1.29. The molecule has 0 unspecified atom stereocenters. The van der Waals surface area contributed by atoms with Gasteiger partial charge in [0.25, 0.3) is 0 Å². The smallest absolute Gasteiger partial charge is 0.365 e. The normalized spacial score (nSPS) is 10.1. The monoisotopic (exact) mass is 208 g/mol. The van der Waals surface area contributed by atoms with Crippen molar-refractivity contribution >= 4 is 11.2 Å². The van der Waals surface area contributed by atoms with E-state index >= 15 is 0 Å². The third kappa shape index (κ3) is 1.67. The minimum Gasteiger partial charge on any atom is -0.365 e. The Bertz CT molecular complexity index is 557. The van der Waals surface area contributed by atoms with Crippen molar-refractivity contribution in [2.24, 2.45) is 0 Å². The van der Waals surface area contributed by atoms with E-state index in [0.717, 1.165) is 0 Å². The Morgan fingerprint density at radius 2 is 2.13 bits per heavy atom. The molecule has 15 heavy (non-hydrogen) atoms. The molecule has 0 radical (unpaired) electrons. The maximum Gasteiger partial charge on any atom is 1.00 e. The number of rotatable bonds is 1.